The standard InChI is InChI=1S/C29H28F4N4O6/c1-27(34)13-41-24-19(27)10-21(37-22(24)14-2-4-17(30)5-3-14)28(40,29(31,32)33)12-36-25(38)15-8-16-11-35-26(39)43-23(16)20(9-15)42-18-6-7-18/h2-5,8-10,18,26,35,39-40H,6-7,11-13,34H2,1H3,(H,36,38). The average molecular weight is 605 g/mol. The summed E-state index contributed by atoms with van der Waals surface area (Å²) in [5.41, 5.74) is 1.36. The monoisotopic (exact) mass is 604 g/mol. The van der Waals surface area contributed by atoms with E-state index in [1.807, 2.05) is 0 Å². The minimum atomic E-state index is -5.30. The molecule has 6 N–H and O–H groups in total. The summed E-state index contributed by atoms with van der Waals surface area (Å²) in [5.74, 6) is -0.981. The first-order valence-electron chi connectivity index (χ1n) is 13.5. The molecule has 3 atom stereocenters. The molecule has 2 aliphatic heterocycles. The van der Waals surface area contributed by atoms with E-state index in [-0.39, 0.29) is 58.9 Å². The molecule has 3 unspecified atom stereocenters. The van der Waals surface area contributed by atoms with Gasteiger partial charge in [-0.3, -0.25) is 10.1 Å². The number of aromatic nitrogens is 1. The molecule has 10 nitrogen and oxygen atoms in total. The molecule has 1 aromatic heterocycles. The Balaban J connectivity index is 1.35. The minimum absolute atomic E-state index is 0.0439. The number of carbonyl (C=O) groups is 1. The quantitative estimate of drug-likeness (QED) is 0.257. The van der Waals surface area contributed by atoms with Gasteiger partial charge in [-0.2, -0.15) is 13.2 Å². The molecule has 2 aromatic carbocycles. The van der Waals surface area contributed by atoms with Gasteiger partial charge in [0.1, 0.15) is 18.1 Å². The van der Waals surface area contributed by atoms with Gasteiger partial charge in [-0.05, 0) is 62.2 Å². The van der Waals surface area contributed by atoms with E-state index in [2.05, 4.69) is 15.6 Å². The lowest BCUT2D eigenvalue weighted by Crippen LogP contribution is -2.51. The van der Waals surface area contributed by atoms with Crippen molar-refractivity contribution in [2.24, 2.45) is 5.73 Å². The van der Waals surface area contributed by atoms with E-state index in [9.17, 15) is 32.6 Å². The predicted molar refractivity (Wildman–Crippen MR) is 143 cm³/mol. The number of ether oxygens (including phenoxy) is 3. The molecule has 228 valence electrons. The van der Waals surface area contributed by atoms with Crippen LogP contribution in [0.3, 0.4) is 0 Å². The number of aliphatic hydroxyl groups is 2. The van der Waals surface area contributed by atoms with Crippen LogP contribution in [0.25, 0.3) is 11.3 Å². The number of nitrogens with zero attached hydrogens (tertiary/aromatic N) is 1. The number of alkyl halides is 3. The summed E-state index contributed by atoms with van der Waals surface area (Å²) in [6.07, 6.45) is -5.13. The van der Waals surface area contributed by atoms with Gasteiger partial charge in [0, 0.05) is 28.8 Å². The van der Waals surface area contributed by atoms with Gasteiger partial charge < -0.3 is 35.5 Å². The number of halogens is 4. The highest BCUT2D eigenvalue weighted by molar-refractivity contribution is 5.95. The van der Waals surface area contributed by atoms with Crippen molar-refractivity contribution in [3.8, 4) is 28.5 Å². The Bertz CT molecular complexity index is 1580. The van der Waals surface area contributed by atoms with E-state index in [1.165, 1.54) is 24.3 Å². The zero-order valence-electron chi connectivity index (χ0n) is 22.8. The van der Waals surface area contributed by atoms with Crippen LogP contribution >= 0.6 is 0 Å². The van der Waals surface area contributed by atoms with Crippen LogP contribution in [0, 0.1) is 5.82 Å². The van der Waals surface area contributed by atoms with Crippen LogP contribution in [-0.4, -0.2) is 53.0 Å². The average Bonchev–Trinajstić information content (AvgIpc) is 3.72. The highest BCUT2D eigenvalue weighted by atomic mass is 19.4. The summed E-state index contributed by atoms with van der Waals surface area (Å²) in [6.45, 7) is 0.300. The summed E-state index contributed by atoms with van der Waals surface area (Å²) in [5, 5.41) is 25.9. The van der Waals surface area contributed by atoms with E-state index in [0.717, 1.165) is 31.0 Å². The zero-order chi connectivity index (χ0) is 30.7. The fraction of sp³-hybridized carbons (Fsp3) is 0.379. The maximum Gasteiger partial charge on any atom is 0.424 e. The van der Waals surface area contributed by atoms with Crippen LogP contribution in [0.5, 0.6) is 17.2 Å². The summed E-state index contributed by atoms with van der Waals surface area (Å²) < 4.78 is 74.4. The smallest absolute Gasteiger partial charge is 0.424 e. The fourth-order valence-electron chi connectivity index (χ4n) is 4.92. The van der Waals surface area contributed by atoms with Crippen LogP contribution in [0.15, 0.2) is 42.5 Å². The Morgan fingerprint density at radius 2 is 1.93 bits per heavy atom. The number of pyridine rings is 1. The number of amides is 1. The zero-order valence-corrected chi connectivity index (χ0v) is 22.8. The highest BCUT2D eigenvalue weighted by Gasteiger charge is 2.57. The molecule has 3 aliphatic rings. The number of aliphatic hydroxyl groups excluding tert-OH is 1. The first-order chi connectivity index (χ1) is 20.2. The van der Waals surface area contributed by atoms with Gasteiger partial charge >= 0.3 is 6.18 Å². The van der Waals surface area contributed by atoms with Crippen LogP contribution < -0.4 is 30.6 Å². The minimum Gasteiger partial charge on any atom is -0.489 e. The Labute approximate surface area is 242 Å². The van der Waals surface area contributed by atoms with E-state index in [1.54, 1.807) is 6.92 Å². The molecule has 0 spiro atoms. The van der Waals surface area contributed by atoms with Crippen molar-refractivity contribution in [3.05, 3.63) is 70.7 Å². The van der Waals surface area contributed by atoms with E-state index in [0.29, 0.717) is 5.56 Å². The number of carbonyl (C=O) groups excluding carboxylic acids is 1. The highest BCUT2D eigenvalue weighted by Crippen LogP contribution is 2.46. The topological polar surface area (TPSA) is 148 Å². The summed E-state index contributed by atoms with van der Waals surface area (Å²) in [4.78, 5) is 17.3. The van der Waals surface area contributed by atoms with Crippen LogP contribution in [0.4, 0.5) is 17.6 Å². The van der Waals surface area contributed by atoms with E-state index < -0.39 is 47.7 Å². The van der Waals surface area contributed by atoms with Crippen molar-refractivity contribution in [2.75, 3.05) is 13.2 Å². The molecule has 14 heteroatoms. The molecule has 0 bridgehead atoms. The molecular weight excluding hydrogens is 576 g/mol. The molecule has 3 heterocycles. The lowest BCUT2D eigenvalue weighted by Gasteiger charge is -2.31. The van der Waals surface area contributed by atoms with Gasteiger partial charge in [0.2, 0.25) is 5.60 Å². The fourth-order valence-corrected chi connectivity index (χ4v) is 4.92. The molecule has 0 radical (unpaired) electrons. The Morgan fingerprint density at radius 1 is 1.21 bits per heavy atom. The molecule has 1 fully saturated rings. The second-order valence-corrected chi connectivity index (χ2v) is 11.1. The van der Waals surface area contributed by atoms with E-state index in [4.69, 9.17) is 19.9 Å². The largest absolute Gasteiger partial charge is 0.489 e. The normalized spacial score (nSPS) is 22.5. The summed E-state index contributed by atoms with van der Waals surface area (Å²) in [7, 11) is 0. The van der Waals surface area contributed by atoms with Gasteiger partial charge in [0.25, 0.3) is 12.3 Å². The molecule has 1 aliphatic carbocycles. The van der Waals surface area contributed by atoms with Gasteiger partial charge in [-0.25, -0.2) is 9.37 Å². The van der Waals surface area contributed by atoms with Gasteiger partial charge in [-0.1, -0.05) is 0 Å². The van der Waals surface area contributed by atoms with Crippen LogP contribution in [0.2, 0.25) is 0 Å². The van der Waals surface area contributed by atoms with Crippen molar-refractivity contribution >= 4 is 5.91 Å². The van der Waals surface area contributed by atoms with Crippen molar-refractivity contribution < 1.29 is 46.8 Å². The number of rotatable bonds is 7. The molecule has 43 heavy (non-hydrogen) atoms. The second kappa shape index (κ2) is 10.3. The van der Waals surface area contributed by atoms with Crippen molar-refractivity contribution in [3.63, 3.8) is 0 Å². The van der Waals surface area contributed by atoms with Gasteiger partial charge in [0.05, 0.1) is 23.9 Å². The third-order valence-electron chi connectivity index (χ3n) is 7.53. The lowest BCUT2D eigenvalue weighted by molar-refractivity contribution is -0.265. The molecule has 1 saturated carbocycles. The molecule has 0 saturated heterocycles. The third kappa shape index (κ3) is 5.46. The number of nitrogens with one attached hydrogen (secondary N) is 2. The summed E-state index contributed by atoms with van der Waals surface area (Å²) in [6, 6.07) is 8.60. The lowest BCUT2D eigenvalue weighted by atomic mass is 9.89. The maximum absolute atomic E-state index is 14.6. The molecule has 6 rings (SSSR count). The SMILES string of the molecule is CC1(N)COc2c1cc(C(O)(CNC(=O)c1cc3c(c(OC4CC4)c1)OC(O)NC3)C(F)(F)F)nc2-c1ccc(F)cc1. The Hall–Kier alpha value is -3.98. The number of benzene rings is 2. The molecular formula is C29H28F4N4O6. The van der Waals surface area contributed by atoms with E-state index >= 15 is 0 Å². The first kappa shape index (κ1) is 29.1. The van der Waals surface area contributed by atoms with Crippen molar-refractivity contribution in [1.82, 2.24) is 15.6 Å². The third-order valence-corrected chi connectivity index (χ3v) is 7.53. The second-order valence-electron chi connectivity index (χ2n) is 11.1. The number of fused-ring (bicyclic) bond motifs is 2. The van der Waals surface area contributed by atoms with Crippen molar-refractivity contribution in [1.29, 1.82) is 0 Å². The number of hydrogen-bond acceptors (Lipinski definition) is 9. The molecule has 1 amide bonds. The van der Waals surface area contributed by atoms with Gasteiger partial charge in [-0.15, -0.1) is 0 Å². The Kier molecular flexibility index (Phi) is 6.99. The summed E-state index contributed by atoms with van der Waals surface area (Å²) >= 11 is 0. The van der Waals surface area contributed by atoms with Crippen LogP contribution in [-0.2, 0) is 17.7 Å². The Morgan fingerprint density at radius 3 is 2.60 bits per heavy atom. The predicted octanol–water partition coefficient (Wildman–Crippen LogP) is 2.93. The first-order valence-corrected chi connectivity index (χ1v) is 13.5. The van der Waals surface area contributed by atoms with Crippen molar-refractivity contribution in [2.45, 2.75) is 56.1 Å². The van der Waals surface area contributed by atoms with Gasteiger partial charge in [0.15, 0.2) is 17.2 Å². The number of hydrogen-bond donors (Lipinski definition) is 5. The number of nitrogens with two attached hydrogens (primary N) is 1. The maximum atomic E-state index is 14.6. The molecule has 3 aromatic rings. The van der Waals surface area contributed by atoms with Crippen LogP contribution in [0.1, 0.15) is 46.9 Å².